The predicted octanol–water partition coefficient (Wildman–Crippen LogP) is 4.23. The summed E-state index contributed by atoms with van der Waals surface area (Å²) in [4.78, 5) is 12.0. The van der Waals surface area contributed by atoms with Crippen molar-refractivity contribution >= 4 is 49.5 Å². The summed E-state index contributed by atoms with van der Waals surface area (Å²) in [7, 11) is 0. The van der Waals surface area contributed by atoms with E-state index in [0.29, 0.717) is 40.8 Å². The molecule has 1 N–H and O–H groups in total. The number of anilines is 1. The molecule has 0 saturated heterocycles. The van der Waals surface area contributed by atoms with E-state index in [1.54, 1.807) is 30.3 Å². The summed E-state index contributed by atoms with van der Waals surface area (Å²) in [5.74, 6) is 1.59. The molecule has 2 aromatic rings. The Bertz CT molecular complexity index is 739. The molecule has 0 saturated carbocycles. The molecule has 0 radical (unpaired) electrons. The van der Waals surface area contributed by atoms with Crippen molar-refractivity contribution in [3.05, 3.63) is 45.2 Å². The summed E-state index contributed by atoms with van der Waals surface area (Å²) < 4.78 is 17.6. The zero-order valence-electron chi connectivity index (χ0n) is 11.3. The molecule has 1 aliphatic rings. The van der Waals surface area contributed by atoms with Gasteiger partial charge in [0.1, 0.15) is 19.0 Å². The van der Waals surface area contributed by atoms with Crippen molar-refractivity contribution in [3.8, 4) is 11.5 Å². The molecule has 2 heterocycles. The Kier molecular flexibility index (Phi) is 4.54. The maximum Gasteiger partial charge on any atom is 0.248 e. The highest BCUT2D eigenvalue weighted by atomic mass is 79.9. The molecule has 114 valence electrons. The summed E-state index contributed by atoms with van der Waals surface area (Å²) in [6.45, 7) is 1.02. The lowest BCUT2D eigenvalue weighted by Crippen LogP contribution is -2.16. The number of hydrogen-bond donors (Lipinski definition) is 1. The third-order valence-corrected chi connectivity index (χ3v) is 3.96. The number of hydrogen-bond acceptors (Lipinski definition) is 4. The number of rotatable bonds is 3. The zero-order valence-corrected chi connectivity index (χ0v) is 14.4. The molecule has 1 aromatic carbocycles. The van der Waals surface area contributed by atoms with Crippen molar-refractivity contribution < 1.29 is 18.7 Å². The van der Waals surface area contributed by atoms with Crippen LogP contribution in [0.15, 0.2) is 43.9 Å². The average molecular weight is 429 g/mol. The molecule has 1 aromatic heterocycles. The van der Waals surface area contributed by atoms with Gasteiger partial charge in [0, 0.05) is 22.7 Å². The number of amides is 1. The molecule has 1 aliphatic heterocycles. The van der Waals surface area contributed by atoms with E-state index in [4.69, 9.17) is 13.9 Å². The van der Waals surface area contributed by atoms with E-state index < -0.39 is 0 Å². The summed E-state index contributed by atoms with van der Waals surface area (Å²) in [6, 6.07) is 7.02. The fourth-order valence-electron chi connectivity index (χ4n) is 1.91. The Hall–Kier alpha value is -1.73. The summed E-state index contributed by atoms with van der Waals surface area (Å²) in [5.41, 5.74) is 0.611. The smallest absolute Gasteiger partial charge is 0.248 e. The first-order chi connectivity index (χ1) is 10.6. The lowest BCUT2D eigenvalue weighted by Gasteiger charge is -2.19. The molecule has 22 heavy (non-hydrogen) atoms. The number of carbonyl (C=O) groups is 1. The van der Waals surface area contributed by atoms with Gasteiger partial charge in [0.2, 0.25) is 5.91 Å². The van der Waals surface area contributed by atoms with Crippen LogP contribution in [0, 0.1) is 0 Å². The number of nitrogens with one attached hydrogen (secondary N) is 1. The Balaban J connectivity index is 1.72. The van der Waals surface area contributed by atoms with Crippen LogP contribution >= 0.6 is 31.9 Å². The topological polar surface area (TPSA) is 60.7 Å². The van der Waals surface area contributed by atoms with E-state index in [9.17, 15) is 4.79 Å². The minimum Gasteiger partial charge on any atom is -0.486 e. The van der Waals surface area contributed by atoms with E-state index in [2.05, 4.69) is 37.2 Å². The first-order valence-corrected chi connectivity index (χ1v) is 8.04. The molecule has 3 rings (SSSR count). The molecule has 0 spiro atoms. The molecule has 7 heteroatoms. The Morgan fingerprint density at radius 1 is 1.14 bits per heavy atom. The third-order valence-electron chi connectivity index (χ3n) is 2.88. The van der Waals surface area contributed by atoms with Gasteiger partial charge in [-0.05, 0) is 50.1 Å². The van der Waals surface area contributed by atoms with Gasteiger partial charge in [-0.25, -0.2) is 0 Å². The van der Waals surface area contributed by atoms with Crippen LogP contribution in [-0.4, -0.2) is 19.1 Å². The van der Waals surface area contributed by atoms with Gasteiger partial charge in [0.05, 0.1) is 5.69 Å². The maximum absolute atomic E-state index is 12.0. The van der Waals surface area contributed by atoms with Crippen LogP contribution in [0.1, 0.15) is 5.76 Å². The fraction of sp³-hybridized carbons (Fsp3) is 0.133. The van der Waals surface area contributed by atoms with E-state index in [1.807, 2.05) is 0 Å². The van der Waals surface area contributed by atoms with Gasteiger partial charge < -0.3 is 19.2 Å². The molecular weight excluding hydrogens is 418 g/mol. The minimum absolute atomic E-state index is 0.273. The highest BCUT2D eigenvalue weighted by Crippen LogP contribution is 2.38. The van der Waals surface area contributed by atoms with Crippen LogP contribution in [0.3, 0.4) is 0 Å². The molecule has 5 nitrogen and oxygen atoms in total. The second-order valence-corrected chi connectivity index (χ2v) is 6.08. The van der Waals surface area contributed by atoms with Crippen molar-refractivity contribution in [2.75, 3.05) is 18.5 Å². The first-order valence-electron chi connectivity index (χ1n) is 6.45. The quantitative estimate of drug-likeness (QED) is 0.743. The highest BCUT2D eigenvalue weighted by molar-refractivity contribution is 9.10. The molecular formula is C15H11Br2NO4. The summed E-state index contributed by atoms with van der Waals surface area (Å²) in [5, 5.41) is 2.78. The average Bonchev–Trinajstić information content (AvgIpc) is 2.91. The molecule has 1 amide bonds. The van der Waals surface area contributed by atoms with Crippen LogP contribution < -0.4 is 14.8 Å². The number of benzene rings is 1. The van der Waals surface area contributed by atoms with E-state index in [1.165, 1.54) is 6.08 Å². The van der Waals surface area contributed by atoms with Crippen LogP contribution in [0.2, 0.25) is 0 Å². The number of halogens is 2. The van der Waals surface area contributed by atoms with Crippen molar-refractivity contribution in [2.45, 2.75) is 0 Å². The van der Waals surface area contributed by atoms with Gasteiger partial charge in [-0.1, -0.05) is 0 Å². The van der Waals surface area contributed by atoms with Crippen LogP contribution in [0.25, 0.3) is 6.08 Å². The van der Waals surface area contributed by atoms with E-state index in [-0.39, 0.29) is 5.91 Å². The lowest BCUT2D eigenvalue weighted by molar-refractivity contribution is -0.111. The summed E-state index contributed by atoms with van der Waals surface area (Å²) in [6.07, 6.45) is 2.99. The van der Waals surface area contributed by atoms with E-state index in [0.717, 1.165) is 4.47 Å². The van der Waals surface area contributed by atoms with Gasteiger partial charge in [-0.2, -0.15) is 0 Å². The second-order valence-electron chi connectivity index (χ2n) is 4.44. The predicted molar refractivity (Wildman–Crippen MR) is 89.2 cm³/mol. The molecule has 0 aliphatic carbocycles. The van der Waals surface area contributed by atoms with Crippen LogP contribution in [0.4, 0.5) is 5.69 Å². The monoisotopic (exact) mass is 427 g/mol. The molecule has 0 unspecified atom stereocenters. The van der Waals surface area contributed by atoms with Crippen molar-refractivity contribution in [2.24, 2.45) is 0 Å². The van der Waals surface area contributed by atoms with Gasteiger partial charge in [0.15, 0.2) is 16.2 Å². The number of fused-ring (bicyclic) bond motifs is 1. The van der Waals surface area contributed by atoms with E-state index >= 15 is 0 Å². The van der Waals surface area contributed by atoms with Gasteiger partial charge in [-0.3, -0.25) is 4.79 Å². The van der Waals surface area contributed by atoms with Crippen molar-refractivity contribution in [1.82, 2.24) is 0 Å². The van der Waals surface area contributed by atoms with Gasteiger partial charge >= 0.3 is 0 Å². The Morgan fingerprint density at radius 2 is 1.86 bits per heavy atom. The highest BCUT2D eigenvalue weighted by Gasteiger charge is 2.15. The molecule has 0 bridgehead atoms. The second kappa shape index (κ2) is 6.58. The maximum atomic E-state index is 12.0. The largest absolute Gasteiger partial charge is 0.486 e. The zero-order chi connectivity index (χ0) is 15.5. The van der Waals surface area contributed by atoms with Gasteiger partial charge in [0.25, 0.3) is 0 Å². The van der Waals surface area contributed by atoms with Crippen molar-refractivity contribution in [1.29, 1.82) is 0 Å². The van der Waals surface area contributed by atoms with Crippen LogP contribution in [0.5, 0.6) is 11.5 Å². The lowest BCUT2D eigenvalue weighted by atomic mass is 10.2. The molecule has 0 fully saturated rings. The SMILES string of the molecule is O=C(/C=C/c1ccc(Br)o1)Nc1cc2c(cc1Br)OCCO2. The normalized spacial score (nSPS) is 13.4. The Labute approximate surface area is 143 Å². The third kappa shape index (κ3) is 3.53. The van der Waals surface area contributed by atoms with Crippen molar-refractivity contribution in [3.63, 3.8) is 0 Å². The Morgan fingerprint density at radius 3 is 2.55 bits per heavy atom. The minimum atomic E-state index is -0.273. The summed E-state index contributed by atoms with van der Waals surface area (Å²) >= 11 is 6.61. The first kappa shape index (κ1) is 15.2. The molecule has 0 atom stereocenters. The van der Waals surface area contributed by atoms with Gasteiger partial charge in [-0.15, -0.1) is 0 Å². The number of furan rings is 1. The standard InChI is InChI=1S/C15H11Br2NO4/c16-10-7-12-13(21-6-5-20-12)8-11(10)18-15(19)4-2-9-1-3-14(17)22-9/h1-4,7-8H,5-6H2,(H,18,19)/b4-2+. The number of carbonyl (C=O) groups excluding carboxylic acids is 1. The number of ether oxygens (including phenoxy) is 2. The van der Waals surface area contributed by atoms with Crippen LogP contribution in [-0.2, 0) is 4.79 Å². The fourth-order valence-corrected chi connectivity index (χ4v) is 2.65.